The van der Waals surface area contributed by atoms with Crippen LogP contribution in [0.3, 0.4) is 0 Å². The van der Waals surface area contributed by atoms with Crippen molar-refractivity contribution in [2.24, 2.45) is 0 Å². The molecule has 0 saturated carbocycles. The topological polar surface area (TPSA) is 128 Å². The molecule has 3 heterocycles. The monoisotopic (exact) mass is 464 g/mol. The number of fused-ring (bicyclic) bond motifs is 1. The minimum atomic E-state index is -0.671. The number of amides is 1. The van der Waals surface area contributed by atoms with Gasteiger partial charge in [0.2, 0.25) is 0 Å². The summed E-state index contributed by atoms with van der Waals surface area (Å²) in [5.41, 5.74) is 2.89. The van der Waals surface area contributed by atoms with Crippen LogP contribution in [0.5, 0.6) is 0 Å². The fourth-order valence-corrected chi connectivity index (χ4v) is 3.74. The van der Waals surface area contributed by atoms with Gasteiger partial charge in [-0.3, -0.25) is 4.79 Å². The molecule has 2 aromatic heterocycles. The van der Waals surface area contributed by atoms with Gasteiger partial charge in [0.1, 0.15) is 17.4 Å². The van der Waals surface area contributed by atoms with Crippen LogP contribution >= 0.6 is 0 Å². The Morgan fingerprint density at radius 3 is 2.41 bits per heavy atom. The van der Waals surface area contributed by atoms with Gasteiger partial charge in [0.05, 0.1) is 17.3 Å². The van der Waals surface area contributed by atoms with Crippen molar-refractivity contribution >= 4 is 17.7 Å². The molecule has 0 spiro atoms. The zero-order chi connectivity index (χ0) is 23.6. The second kappa shape index (κ2) is 9.93. The van der Waals surface area contributed by atoms with Gasteiger partial charge in [0, 0.05) is 49.5 Å². The lowest BCUT2D eigenvalue weighted by Gasteiger charge is -2.32. The molecule has 1 aliphatic heterocycles. The highest BCUT2D eigenvalue weighted by Gasteiger charge is 2.28. The Kier molecular flexibility index (Phi) is 7.23. The van der Waals surface area contributed by atoms with Crippen molar-refractivity contribution in [1.29, 1.82) is 5.26 Å². The van der Waals surface area contributed by atoms with Gasteiger partial charge in [-0.15, -0.1) is 0 Å². The second-order valence-electron chi connectivity index (χ2n) is 9.07. The quantitative estimate of drug-likeness (QED) is 0.545. The van der Waals surface area contributed by atoms with E-state index in [0.717, 1.165) is 11.3 Å². The van der Waals surface area contributed by atoms with E-state index in [1.807, 2.05) is 28.9 Å². The second-order valence-corrected chi connectivity index (χ2v) is 9.07. The minimum absolute atomic E-state index is 0. The molecule has 1 fully saturated rings. The van der Waals surface area contributed by atoms with Gasteiger partial charge in [-0.25, -0.2) is 9.78 Å². The summed E-state index contributed by atoms with van der Waals surface area (Å²) in [4.78, 5) is 31.3. The molecule has 2 N–H and O–H groups in total. The molecule has 34 heavy (non-hydrogen) atoms. The number of piperidine rings is 1. The lowest BCUT2D eigenvalue weighted by Crippen LogP contribution is -2.42. The van der Waals surface area contributed by atoms with Gasteiger partial charge in [-0.2, -0.15) is 5.26 Å². The summed E-state index contributed by atoms with van der Waals surface area (Å²) in [6.45, 7) is 6.38. The van der Waals surface area contributed by atoms with Crippen LogP contribution < -0.4 is 0 Å². The van der Waals surface area contributed by atoms with Crippen molar-refractivity contribution in [2.45, 2.75) is 45.3 Å². The lowest BCUT2D eigenvalue weighted by molar-refractivity contribution is -0.0375. The predicted molar refractivity (Wildman–Crippen MR) is 125 cm³/mol. The third kappa shape index (κ3) is 5.71. The number of imidazole rings is 1. The predicted octanol–water partition coefficient (Wildman–Crippen LogP) is 3.60. The summed E-state index contributed by atoms with van der Waals surface area (Å²) in [6, 6.07) is 12.9. The van der Waals surface area contributed by atoms with E-state index in [1.165, 1.54) is 0 Å². The normalized spacial score (nSPS) is 14.2. The van der Waals surface area contributed by atoms with Crippen molar-refractivity contribution in [2.75, 3.05) is 13.1 Å². The van der Waals surface area contributed by atoms with E-state index in [9.17, 15) is 9.59 Å². The summed E-state index contributed by atoms with van der Waals surface area (Å²) in [5, 5.41) is 8.96. The van der Waals surface area contributed by atoms with Gasteiger partial charge in [0.25, 0.3) is 5.91 Å². The summed E-state index contributed by atoms with van der Waals surface area (Å²) in [6.07, 6.45) is 3.92. The molecule has 3 aromatic rings. The molecule has 0 atom stereocenters. The van der Waals surface area contributed by atoms with Crippen LogP contribution in [0.4, 0.5) is 4.79 Å². The molecule has 1 aromatic carbocycles. The third-order valence-electron chi connectivity index (χ3n) is 5.40. The third-order valence-corrected chi connectivity index (χ3v) is 5.40. The van der Waals surface area contributed by atoms with Crippen molar-refractivity contribution in [1.82, 2.24) is 14.3 Å². The smallest absolute Gasteiger partial charge is 0.431 e. The fraction of sp³-hybridized carbons (Fsp3) is 0.360. The summed E-state index contributed by atoms with van der Waals surface area (Å²) in [5.74, 6) is -0.0730. The van der Waals surface area contributed by atoms with Gasteiger partial charge in [-0.05, 0) is 45.0 Å². The highest BCUT2D eigenvalue weighted by atomic mass is 16.7. The first kappa shape index (κ1) is 24.7. The molecule has 1 saturated heterocycles. The van der Waals surface area contributed by atoms with Crippen molar-refractivity contribution < 1.29 is 24.5 Å². The van der Waals surface area contributed by atoms with Crippen LogP contribution in [-0.2, 0) is 9.47 Å². The SMILES string of the molecule is CC(C)(C)OC(=O)OC1CCN(C(=O)c2ccn3cc(-c4ccc(C#N)cc4)nc3c2)CC1.O. The number of pyridine rings is 1. The van der Waals surface area contributed by atoms with E-state index in [-0.39, 0.29) is 17.5 Å². The standard InChI is InChI=1S/C25H26N4O4.H2O/c1-25(2,3)33-24(31)32-20-9-12-28(13-10-20)23(30)19-8-11-29-16-21(27-22(29)14-19)18-6-4-17(15-26)5-7-18;/h4-8,11,14,16,20H,9-10,12-13H2,1-3H3;1H2. The molecule has 0 aliphatic carbocycles. The van der Waals surface area contributed by atoms with Crippen molar-refractivity contribution in [3.8, 4) is 17.3 Å². The van der Waals surface area contributed by atoms with Crippen molar-refractivity contribution in [3.63, 3.8) is 0 Å². The number of nitrogens with zero attached hydrogens (tertiary/aromatic N) is 4. The van der Waals surface area contributed by atoms with Gasteiger partial charge in [-0.1, -0.05) is 12.1 Å². The summed E-state index contributed by atoms with van der Waals surface area (Å²) < 4.78 is 12.5. The molecule has 0 bridgehead atoms. The van der Waals surface area contributed by atoms with Gasteiger partial charge in [0.15, 0.2) is 0 Å². The number of aromatic nitrogens is 2. The Bertz CT molecular complexity index is 1210. The lowest BCUT2D eigenvalue weighted by atomic mass is 10.1. The molecule has 178 valence electrons. The number of rotatable bonds is 3. The Hall–Kier alpha value is -3.90. The minimum Gasteiger partial charge on any atom is -0.431 e. The van der Waals surface area contributed by atoms with E-state index in [1.54, 1.807) is 49.9 Å². The molecule has 4 rings (SSSR count). The molecule has 0 unspecified atom stereocenters. The number of hydrogen-bond acceptors (Lipinski definition) is 6. The Labute approximate surface area is 197 Å². The van der Waals surface area contributed by atoms with E-state index in [0.29, 0.717) is 42.7 Å². The van der Waals surface area contributed by atoms with E-state index in [2.05, 4.69) is 11.1 Å². The number of nitriles is 1. The average molecular weight is 465 g/mol. The molecular formula is C25H28N4O5. The van der Waals surface area contributed by atoms with E-state index >= 15 is 0 Å². The Morgan fingerprint density at radius 1 is 1.12 bits per heavy atom. The van der Waals surface area contributed by atoms with Gasteiger partial charge < -0.3 is 24.3 Å². The largest absolute Gasteiger partial charge is 0.509 e. The molecular weight excluding hydrogens is 436 g/mol. The van der Waals surface area contributed by atoms with Crippen molar-refractivity contribution in [3.05, 3.63) is 59.9 Å². The first-order valence-corrected chi connectivity index (χ1v) is 10.9. The van der Waals surface area contributed by atoms with Crippen LogP contribution in [-0.4, -0.2) is 56.6 Å². The van der Waals surface area contributed by atoms with E-state index < -0.39 is 11.8 Å². The van der Waals surface area contributed by atoms with E-state index in [4.69, 9.17) is 14.7 Å². The summed E-state index contributed by atoms with van der Waals surface area (Å²) in [7, 11) is 0. The maximum absolute atomic E-state index is 13.0. The highest BCUT2D eigenvalue weighted by molar-refractivity contribution is 5.95. The van der Waals surface area contributed by atoms with Crippen LogP contribution in [0.15, 0.2) is 48.8 Å². The zero-order valence-electron chi connectivity index (χ0n) is 19.4. The fourth-order valence-electron chi connectivity index (χ4n) is 3.74. The Morgan fingerprint density at radius 2 is 1.79 bits per heavy atom. The molecule has 1 amide bonds. The Balaban J connectivity index is 0.00000324. The highest BCUT2D eigenvalue weighted by Crippen LogP contribution is 2.22. The van der Waals surface area contributed by atoms with Gasteiger partial charge >= 0.3 is 6.16 Å². The molecule has 9 nitrogen and oxygen atoms in total. The first-order chi connectivity index (χ1) is 15.7. The number of hydrogen-bond donors (Lipinski definition) is 0. The van der Waals surface area contributed by atoms with Crippen LogP contribution in [0.25, 0.3) is 16.9 Å². The van der Waals surface area contributed by atoms with Crippen LogP contribution in [0.1, 0.15) is 49.5 Å². The summed E-state index contributed by atoms with van der Waals surface area (Å²) >= 11 is 0. The maximum Gasteiger partial charge on any atom is 0.509 e. The maximum atomic E-state index is 13.0. The molecule has 9 heteroatoms. The number of carbonyl (C=O) groups excluding carboxylic acids is 2. The average Bonchev–Trinajstić information content (AvgIpc) is 3.21. The number of benzene rings is 1. The molecule has 1 aliphatic rings. The first-order valence-electron chi connectivity index (χ1n) is 10.9. The zero-order valence-corrected chi connectivity index (χ0v) is 19.4. The number of ether oxygens (including phenoxy) is 2. The van der Waals surface area contributed by atoms with Crippen LogP contribution in [0, 0.1) is 11.3 Å². The number of carbonyl (C=O) groups is 2. The molecule has 0 radical (unpaired) electrons. The number of likely N-dealkylation sites (tertiary alicyclic amines) is 1. The van der Waals surface area contributed by atoms with Crippen LogP contribution in [0.2, 0.25) is 0 Å².